The second kappa shape index (κ2) is 11.3. The maximum Gasteiger partial charge on any atom is 0.335 e. The summed E-state index contributed by atoms with van der Waals surface area (Å²) in [5, 5.41) is 3.53. The number of hydrogen-bond acceptors (Lipinski definition) is 5. The first-order valence-corrected chi connectivity index (χ1v) is 12.3. The van der Waals surface area contributed by atoms with Crippen molar-refractivity contribution < 1.29 is 23.9 Å². The fourth-order valence-corrected chi connectivity index (χ4v) is 4.20. The number of nitrogens with one attached hydrogen (secondary N) is 1. The maximum absolute atomic E-state index is 13.2. The Morgan fingerprint density at radius 2 is 1.65 bits per heavy atom. The van der Waals surface area contributed by atoms with Gasteiger partial charge in [0, 0.05) is 15.6 Å². The Morgan fingerprint density at radius 3 is 2.30 bits per heavy atom. The third-order valence-electron chi connectivity index (χ3n) is 5.24. The molecule has 1 N–H and O–H groups in total. The summed E-state index contributed by atoms with van der Waals surface area (Å²) in [7, 11) is 0. The van der Waals surface area contributed by atoms with E-state index in [1.165, 1.54) is 6.08 Å². The predicted octanol–water partition coefficient (Wildman–Crippen LogP) is 6.68. The van der Waals surface area contributed by atoms with E-state index in [4.69, 9.17) is 44.3 Å². The molecule has 37 heavy (non-hydrogen) atoms. The number of hydrogen-bond donors (Lipinski definition) is 1. The smallest absolute Gasteiger partial charge is 0.335 e. The Kier molecular flexibility index (Phi) is 8.07. The Morgan fingerprint density at radius 1 is 0.919 bits per heavy atom. The van der Waals surface area contributed by atoms with E-state index >= 15 is 0 Å². The van der Waals surface area contributed by atoms with E-state index in [1.54, 1.807) is 60.7 Å². The minimum atomic E-state index is -0.854. The van der Waals surface area contributed by atoms with Gasteiger partial charge in [-0.1, -0.05) is 46.9 Å². The van der Waals surface area contributed by atoms with Crippen LogP contribution in [0.5, 0.6) is 11.5 Å². The van der Waals surface area contributed by atoms with E-state index in [-0.39, 0.29) is 24.0 Å². The quantitative estimate of drug-likeness (QED) is 0.258. The molecule has 0 aliphatic carbocycles. The van der Waals surface area contributed by atoms with Crippen LogP contribution in [0, 0.1) is 0 Å². The minimum Gasteiger partial charge on any atom is -0.489 e. The SMILES string of the molecule is CC(C)Oc1ccc(/C=C2\C(=O)NC(=O)N(c3ccc(OCc4ccc(Cl)cc4Cl)cc3)C2=O)cc1Cl. The number of anilines is 1. The van der Waals surface area contributed by atoms with Gasteiger partial charge in [0.25, 0.3) is 11.8 Å². The van der Waals surface area contributed by atoms with Crippen LogP contribution in [0.4, 0.5) is 10.5 Å². The first kappa shape index (κ1) is 26.5. The van der Waals surface area contributed by atoms with Crippen LogP contribution in [0.3, 0.4) is 0 Å². The van der Waals surface area contributed by atoms with Gasteiger partial charge in [-0.05, 0) is 74.0 Å². The van der Waals surface area contributed by atoms with Crippen molar-refractivity contribution in [3.8, 4) is 11.5 Å². The van der Waals surface area contributed by atoms with Gasteiger partial charge in [0.2, 0.25) is 0 Å². The molecular weight excluding hydrogens is 539 g/mol. The summed E-state index contributed by atoms with van der Waals surface area (Å²) in [6, 6.07) is 15.4. The summed E-state index contributed by atoms with van der Waals surface area (Å²) >= 11 is 18.4. The number of amides is 4. The lowest BCUT2D eigenvalue weighted by atomic mass is 10.1. The molecule has 4 amide bonds. The number of nitrogens with zero attached hydrogens (tertiary/aromatic N) is 1. The van der Waals surface area contributed by atoms with Crippen molar-refractivity contribution in [3.05, 3.63) is 92.4 Å². The number of barbiturate groups is 1. The van der Waals surface area contributed by atoms with Crippen LogP contribution in [-0.4, -0.2) is 23.9 Å². The molecule has 1 aliphatic heterocycles. The summed E-state index contributed by atoms with van der Waals surface area (Å²) < 4.78 is 11.4. The molecule has 0 bridgehead atoms. The van der Waals surface area contributed by atoms with Gasteiger partial charge >= 0.3 is 6.03 Å². The van der Waals surface area contributed by atoms with Gasteiger partial charge < -0.3 is 9.47 Å². The molecule has 4 rings (SSSR count). The molecule has 1 fully saturated rings. The Balaban J connectivity index is 1.52. The van der Waals surface area contributed by atoms with Crippen LogP contribution < -0.4 is 19.7 Å². The molecular formula is C27H21Cl3N2O5. The maximum atomic E-state index is 13.2. The number of ether oxygens (including phenoxy) is 2. The molecule has 1 saturated heterocycles. The molecule has 0 spiro atoms. The first-order valence-electron chi connectivity index (χ1n) is 11.2. The number of halogens is 3. The van der Waals surface area contributed by atoms with Crippen LogP contribution in [-0.2, 0) is 16.2 Å². The van der Waals surface area contributed by atoms with Crippen LogP contribution in [0.1, 0.15) is 25.0 Å². The van der Waals surface area contributed by atoms with Crippen LogP contribution in [0.2, 0.25) is 15.1 Å². The predicted molar refractivity (Wildman–Crippen MR) is 143 cm³/mol. The molecule has 1 aliphatic rings. The highest BCUT2D eigenvalue weighted by atomic mass is 35.5. The lowest BCUT2D eigenvalue weighted by molar-refractivity contribution is -0.122. The fourth-order valence-electron chi connectivity index (χ4n) is 3.51. The fraction of sp³-hybridized carbons (Fsp3) is 0.148. The molecule has 0 atom stereocenters. The van der Waals surface area contributed by atoms with Gasteiger partial charge in [-0.2, -0.15) is 0 Å². The Labute approximate surface area is 228 Å². The zero-order chi connectivity index (χ0) is 26.7. The molecule has 7 nitrogen and oxygen atoms in total. The average Bonchev–Trinajstić information content (AvgIpc) is 2.83. The third kappa shape index (κ3) is 6.25. The van der Waals surface area contributed by atoms with Crippen molar-refractivity contribution in [1.82, 2.24) is 5.32 Å². The second-order valence-corrected chi connectivity index (χ2v) is 9.58. The first-order chi connectivity index (χ1) is 17.6. The largest absolute Gasteiger partial charge is 0.489 e. The van der Waals surface area contributed by atoms with Gasteiger partial charge in [0.15, 0.2) is 0 Å². The normalized spacial score (nSPS) is 14.8. The standard InChI is InChI=1S/C27H21Cl3N2O5/c1-15(2)37-24-10-3-16(12-23(24)30)11-21-25(33)31-27(35)32(26(21)34)19-6-8-20(9-7-19)36-14-17-4-5-18(28)13-22(17)29/h3-13,15H,14H2,1-2H3,(H,31,33,35)/b21-11+. The number of urea groups is 1. The lowest BCUT2D eigenvalue weighted by Crippen LogP contribution is -2.54. The molecule has 3 aromatic rings. The molecule has 3 aromatic carbocycles. The van der Waals surface area contributed by atoms with Gasteiger partial charge in [-0.25, -0.2) is 9.69 Å². The van der Waals surface area contributed by atoms with Crippen molar-refractivity contribution in [3.63, 3.8) is 0 Å². The highest BCUT2D eigenvalue weighted by Crippen LogP contribution is 2.29. The third-order valence-corrected chi connectivity index (χ3v) is 6.12. The summed E-state index contributed by atoms with van der Waals surface area (Å²) in [4.78, 5) is 39.0. The van der Waals surface area contributed by atoms with E-state index in [0.717, 1.165) is 10.5 Å². The van der Waals surface area contributed by atoms with E-state index in [9.17, 15) is 14.4 Å². The summed E-state index contributed by atoms with van der Waals surface area (Å²) in [5.41, 5.74) is 1.29. The second-order valence-electron chi connectivity index (χ2n) is 8.33. The number of imide groups is 2. The molecule has 0 radical (unpaired) electrons. The molecule has 190 valence electrons. The van der Waals surface area contributed by atoms with Gasteiger partial charge in [0.1, 0.15) is 23.7 Å². The average molecular weight is 560 g/mol. The van der Waals surface area contributed by atoms with Crippen molar-refractivity contribution in [2.75, 3.05) is 4.90 Å². The van der Waals surface area contributed by atoms with Crippen molar-refractivity contribution in [2.45, 2.75) is 26.6 Å². The Bertz CT molecular complexity index is 1400. The molecule has 10 heteroatoms. The van der Waals surface area contributed by atoms with E-state index in [0.29, 0.717) is 32.1 Å². The van der Waals surface area contributed by atoms with Gasteiger partial charge in [0.05, 0.1) is 16.8 Å². The van der Waals surface area contributed by atoms with Crippen LogP contribution >= 0.6 is 34.8 Å². The zero-order valence-electron chi connectivity index (χ0n) is 19.8. The van der Waals surface area contributed by atoms with E-state index in [1.807, 2.05) is 13.8 Å². The lowest BCUT2D eigenvalue weighted by Gasteiger charge is -2.26. The number of carbonyl (C=O) groups excluding carboxylic acids is 3. The van der Waals surface area contributed by atoms with E-state index in [2.05, 4.69) is 5.32 Å². The number of rotatable bonds is 7. The number of benzene rings is 3. The number of carbonyl (C=O) groups is 3. The van der Waals surface area contributed by atoms with Crippen LogP contribution in [0.15, 0.2) is 66.2 Å². The van der Waals surface area contributed by atoms with Gasteiger partial charge in [-0.15, -0.1) is 0 Å². The summed E-state index contributed by atoms with van der Waals surface area (Å²) in [6.07, 6.45) is 1.30. The van der Waals surface area contributed by atoms with Crippen molar-refractivity contribution in [2.24, 2.45) is 0 Å². The van der Waals surface area contributed by atoms with Crippen LogP contribution in [0.25, 0.3) is 6.08 Å². The zero-order valence-corrected chi connectivity index (χ0v) is 22.0. The van der Waals surface area contributed by atoms with Gasteiger partial charge in [-0.3, -0.25) is 14.9 Å². The topological polar surface area (TPSA) is 84.9 Å². The monoisotopic (exact) mass is 558 g/mol. The van der Waals surface area contributed by atoms with Crippen molar-refractivity contribution >= 4 is 64.4 Å². The molecule has 1 heterocycles. The Hall–Kier alpha value is -3.52. The summed E-state index contributed by atoms with van der Waals surface area (Å²) in [5.74, 6) is -0.598. The van der Waals surface area contributed by atoms with Crippen molar-refractivity contribution in [1.29, 1.82) is 0 Å². The molecule has 0 aromatic heterocycles. The minimum absolute atomic E-state index is 0.0704. The highest BCUT2D eigenvalue weighted by Gasteiger charge is 2.36. The molecule has 0 saturated carbocycles. The highest BCUT2D eigenvalue weighted by molar-refractivity contribution is 6.39. The molecule has 0 unspecified atom stereocenters. The van der Waals surface area contributed by atoms with E-state index < -0.39 is 17.8 Å². The summed E-state index contributed by atoms with van der Waals surface area (Å²) in [6.45, 7) is 3.94.